The van der Waals surface area contributed by atoms with E-state index in [2.05, 4.69) is 72.8 Å². The summed E-state index contributed by atoms with van der Waals surface area (Å²) in [6.45, 7) is 1.43. The van der Waals surface area contributed by atoms with Crippen LogP contribution >= 0.6 is 0 Å². The average Bonchev–Trinajstić information content (AvgIpc) is 3.14. The number of carbonyl (C=O) groups excluding carboxylic acids is 1. The second kappa shape index (κ2) is 7.96. The molecule has 0 spiro atoms. The van der Waals surface area contributed by atoms with Crippen LogP contribution in [-0.2, 0) is 4.79 Å². The van der Waals surface area contributed by atoms with Crippen molar-refractivity contribution in [1.82, 2.24) is 0 Å². The zero-order chi connectivity index (χ0) is 18.6. The van der Waals surface area contributed by atoms with Crippen molar-refractivity contribution in [2.75, 3.05) is 0 Å². The van der Waals surface area contributed by atoms with Gasteiger partial charge in [-0.2, -0.15) is 0 Å². The van der Waals surface area contributed by atoms with Gasteiger partial charge in [-0.15, -0.1) is 0 Å². The number of rotatable bonds is 4. The van der Waals surface area contributed by atoms with E-state index in [0.29, 0.717) is 26.6 Å². The fourth-order valence-corrected chi connectivity index (χ4v) is 6.42. The fraction of sp³-hybridized carbons (Fsp3) is 0.125. The summed E-state index contributed by atoms with van der Waals surface area (Å²) in [6, 6.07) is 29.4. The van der Waals surface area contributed by atoms with Crippen molar-refractivity contribution in [2.24, 2.45) is 0 Å². The minimum absolute atomic E-state index is 0.289. The molecule has 1 aliphatic rings. The van der Waals surface area contributed by atoms with Gasteiger partial charge in [-0.3, -0.25) is 0 Å². The van der Waals surface area contributed by atoms with Gasteiger partial charge in [-0.25, -0.2) is 0 Å². The number of allylic oxidation sites excluding steroid dienone is 1. The second-order valence-electron chi connectivity index (χ2n) is 6.50. The number of carbonyl (C=O) groups is 1. The van der Waals surface area contributed by atoms with Gasteiger partial charge in [0.15, 0.2) is 0 Å². The maximum absolute atomic E-state index is 11.2. The quantitative estimate of drug-likeness (QED) is 0.322. The molecule has 0 bridgehead atoms. The Labute approximate surface area is 166 Å². The average molecular weight is 419 g/mol. The molecule has 0 aromatic heterocycles. The van der Waals surface area contributed by atoms with Gasteiger partial charge < -0.3 is 0 Å². The van der Waals surface area contributed by atoms with Gasteiger partial charge in [0.2, 0.25) is 0 Å². The molecule has 1 atom stereocenters. The summed E-state index contributed by atoms with van der Waals surface area (Å²) in [4.78, 5) is 11.2. The van der Waals surface area contributed by atoms with Crippen LogP contribution in [-0.4, -0.2) is 20.9 Å². The summed E-state index contributed by atoms with van der Waals surface area (Å²) in [6.07, 6.45) is 0. The van der Waals surface area contributed by atoms with Crippen LogP contribution < -0.4 is 4.74 Å². The van der Waals surface area contributed by atoms with Crippen LogP contribution in [0.3, 0.4) is 0 Å². The Hall–Kier alpha value is -2.61. The molecule has 1 unspecified atom stereocenters. The molecule has 1 aliphatic heterocycles. The maximum atomic E-state index is 11.2. The van der Waals surface area contributed by atoms with Gasteiger partial charge in [0.05, 0.1) is 0 Å². The van der Waals surface area contributed by atoms with E-state index in [0.717, 1.165) is 5.32 Å². The van der Waals surface area contributed by atoms with E-state index >= 15 is 0 Å². The van der Waals surface area contributed by atoms with Gasteiger partial charge >= 0.3 is 166 Å². The molecule has 3 aromatic carbocycles. The van der Waals surface area contributed by atoms with E-state index in [9.17, 15) is 4.79 Å². The molecule has 3 aromatic rings. The normalized spacial score (nSPS) is 16.4. The topological polar surface area (TPSA) is 26.3 Å². The van der Waals surface area contributed by atoms with Crippen LogP contribution in [0.1, 0.15) is 29.5 Å². The molecule has 2 nitrogen and oxygen atoms in total. The van der Waals surface area contributed by atoms with Crippen molar-refractivity contribution < 1.29 is 9.53 Å². The number of benzene rings is 3. The number of esters is 1. The first-order valence-corrected chi connectivity index (χ1v) is 11.1. The molecule has 134 valence electrons. The van der Waals surface area contributed by atoms with Crippen LogP contribution in [0.4, 0.5) is 0 Å². The molecule has 4 rings (SSSR count). The first-order chi connectivity index (χ1) is 13.2. The number of hydrogen-bond acceptors (Lipinski definition) is 2. The van der Waals surface area contributed by atoms with Crippen molar-refractivity contribution in [3.05, 3.63) is 102 Å². The van der Waals surface area contributed by atoms with Gasteiger partial charge in [0, 0.05) is 0 Å². The van der Waals surface area contributed by atoms with Gasteiger partial charge in [-0.05, 0) is 0 Å². The molecule has 1 heterocycles. The Morgan fingerprint density at radius 3 is 2.04 bits per heavy atom. The minimum atomic E-state index is -0.289. The molecule has 0 saturated heterocycles. The Morgan fingerprint density at radius 2 is 1.44 bits per heavy atom. The van der Waals surface area contributed by atoms with Crippen molar-refractivity contribution >= 4 is 31.0 Å². The zero-order valence-electron chi connectivity index (χ0n) is 15.1. The predicted molar refractivity (Wildman–Crippen MR) is 111 cm³/mol. The SMILES string of the molecule is CC(=O)Oc1ccc(C2C[Se]C(c3ccccc3)=C2c2ccccc2)cc1. The third-order valence-electron chi connectivity index (χ3n) is 4.65. The molecule has 0 aliphatic carbocycles. The molecule has 0 saturated carbocycles. The van der Waals surface area contributed by atoms with Crippen LogP contribution in [0.15, 0.2) is 84.9 Å². The molecular formula is C24H20O2Se. The van der Waals surface area contributed by atoms with Crippen molar-refractivity contribution in [2.45, 2.75) is 18.2 Å². The van der Waals surface area contributed by atoms with Gasteiger partial charge in [-0.1, -0.05) is 0 Å². The molecule has 0 radical (unpaired) electrons. The Balaban J connectivity index is 1.76. The van der Waals surface area contributed by atoms with Crippen LogP contribution in [0, 0.1) is 0 Å². The van der Waals surface area contributed by atoms with E-state index in [1.54, 1.807) is 0 Å². The van der Waals surface area contributed by atoms with E-state index in [1.807, 2.05) is 12.1 Å². The van der Waals surface area contributed by atoms with Crippen LogP contribution in [0.5, 0.6) is 5.75 Å². The molecule has 3 heteroatoms. The second-order valence-corrected chi connectivity index (χ2v) is 8.66. The molecule has 0 N–H and O–H groups in total. The van der Waals surface area contributed by atoms with Crippen LogP contribution in [0.2, 0.25) is 5.32 Å². The Kier molecular flexibility index (Phi) is 5.24. The Morgan fingerprint density at radius 1 is 0.852 bits per heavy atom. The van der Waals surface area contributed by atoms with E-state index in [1.165, 1.54) is 33.7 Å². The monoisotopic (exact) mass is 420 g/mol. The van der Waals surface area contributed by atoms with Gasteiger partial charge in [0.25, 0.3) is 0 Å². The summed E-state index contributed by atoms with van der Waals surface area (Å²) in [5, 5.41) is 1.15. The summed E-state index contributed by atoms with van der Waals surface area (Å²) in [7, 11) is 0. The first-order valence-electron chi connectivity index (χ1n) is 8.98. The molecule has 0 amide bonds. The van der Waals surface area contributed by atoms with E-state index in [-0.39, 0.29) is 5.97 Å². The standard InChI is InChI=1S/C24H20O2Se/c1-17(25)26-21-14-12-18(13-15-21)22-16-27-24(20-10-6-3-7-11-20)23(22)19-8-4-2-5-9-19/h2-15,22H,16H2,1H3. The third-order valence-corrected chi connectivity index (χ3v) is 7.26. The summed E-state index contributed by atoms with van der Waals surface area (Å²) in [5.74, 6) is 0.681. The van der Waals surface area contributed by atoms with Crippen molar-refractivity contribution in [1.29, 1.82) is 0 Å². The zero-order valence-corrected chi connectivity index (χ0v) is 16.8. The van der Waals surface area contributed by atoms with Crippen LogP contribution in [0.25, 0.3) is 10.0 Å². The van der Waals surface area contributed by atoms with E-state index in [4.69, 9.17) is 4.74 Å². The van der Waals surface area contributed by atoms with Crippen molar-refractivity contribution in [3.8, 4) is 5.75 Å². The summed E-state index contributed by atoms with van der Waals surface area (Å²) >= 11 is 0.422. The van der Waals surface area contributed by atoms with Gasteiger partial charge in [0.1, 0.15) is 0 Å². The number of hydrogen-bond donors (Lipinski definition) is 0. The molecule has 0 fully saturated rings. The van der Waals surface area contributed by atoms with E-state index < -0.39 is 0 Å². The molecule has 27 heavy (non-hydrogen) atoms. The summed E-state index contributed by atoms with van der Waals surface area (Å²) < 4.78 is 6.68. The summed E-state index contributed by atoms with van der Waals surface area (Å²) in [5.41, 5.74) is 5.33. The predicted octanol–water partition coefficient (Wildman–Crippen LogP) is 5.40. The molecular weight excluding hydrogens is 399 g/mol. The fourth-order valence-electron chi connectivity index (χ4n) is 3.46. The third kappa shape index (κ3) is 3.90. The number of ether oxygens (including phenoxy) is 1. The Bertz CT molecular complexity index is 960. The van der Waals surface area contributed by atoms with Crippen molar-refractivity contribution in [3.63, 3.8) is 0 Å². The first kappa shape index (κ1) is 17.8.